The number of pyridine rings is 1. The third-order valence-corrected chi connectivity index (χ3v) is 2.42. The predicted octanol–water partition coefficient (Wildman–Crippen LogP) is 2.77. The maximum Gasteiger partial charge on any atom is 0.258 e. The van der Waals surface area contributed by atoms with Crippen LogP contribution in [0.1, 0.15) is 6.92 Å². The molecule has 0 aliphatic rings. The zero-order chi connectivity index (χ0) is 11.0. The Kier molecular flexibility index (Phi) is 1.99. The summed E-state index contributed by atoms with van der Waals surface area (Å²) in [5.41, 5.74) is 1.45. The van der Waals surface area contributed by atoms with Crippen LogP contribution >= 0.6 is 0 Å². The van der Waals surface area contributed by atoms with E-state index >= 15 is 0 Å². The molecule has 3 rings (SSSR count). The zero-order valence-corrected chi connectivity index (χ0v) is 8.80. The van der Waals surface area contributed by atoms with E-state index in [2.05, 4.69) is 10.1 Å². The molecule has 0 radical (unpaired) electrons. The summed E-state index contributed by atoms with van der Waals surface area (Å²) in [4.78, 5) is 4.35. The first-order chi connectivity index (χ1) is 7.86. The van der Waals surface area contributed by atoms with Crippen molar-refractivity contribution in [2.45, 2.75) is 6.92 Å². The second kappa shape index (κ2) is 3.48. The summed E-state index contributed by atoms with van der Waals surface area (Å²) >= 11 is 0. The number of ether oxygens (including phenoxy) is 1. The first kappa shape index (κ1) is 9.15. The Morgan fingerprint density at radius 1 is 1.25 bits per heavy atom. The van der Waals surface area contributed by atoms with Gasteiger partial charge in [-0.1, -0.05) is 5.16 Å². The highest BCUT2D eigenvalue weighted by Crippen LogP contribution is 2.23. The molecular formula is C12H10N2O2. The van der Waals surface area contributed by atoms with Crippen LogP contribution in [-0.2, 0) is 0 Å². The predicted molar refractivity (Wildman–Crippen MR) is 60.5 cm³/mol. The van der Waals surface area contributed by atoms with Crippen LogP contribution in [0.3, 0.4) is 0 Å². The molecule has 3 aromatic rings. The Morgan fingerprint density at radius 2 is 2.19 bits per heavy atom. The quantitative estimate of drug-likeness (QED) is 0.658. The number of hydrogen-bond donors (Lipinski definition) is 0. The molecule has 4 heteroatoms. The number of aromatic nitrogens is 2. The lowest BCUT2D eigenvalue weighted by Gasteiger charge is -2.03. The SMILES string of the molecule is CCOc1ccc2nc3oncc3cc2c1. The number of nitrogens with zero attached hydrogens (tertiary/aromatic N) is 2. The molecule has 1 aromatic carbocycles. The van der Waals surface area contributed by atoms with Gasteiger partial charge in [-0.3, -0.25) is 0 Å². The summed E-state index contributed by atoms with van der Waals surface area (Å²) in [5, 5.41) is 5.65. The van der Waals surface area contributed by atoms with E-state index in [1.807, 2.05) is 31.2 Å². The van der Waals surface area contributed by atoms with Gasteiger partial charge in [-0.15, -0.1) is 0 Å². The smallest absolute Gasteiger partial charge is 0.258 e. The lowest BCUT2D eigenvalue weighted by atomic mass is 10.2. The van der Waals surface area contributed by atoms with Gasteiger partial charge >= 0.3 is 0 Å². The molecule has 2 aromatic heterocycles. The molecule has 80 valence electrons. The number of hydrogen-bond acceptors (Lipinski definition) is 4. The van der Waals surface area contributed by atoms with E-state index in [0.717, 1.165) is 22.0 Å². The minimum Gasteiger partial charge on any atom is -0.494 e. The van der Waals surface area contributed by atoms with E-state index in [4.69, 9.17) is 9.26 Å². The first-order valence-corrected chi connectivity index (χ1v) is 5.15. The molecule has 0 saturated carbocycles. The largest absolute Gasteiger partial charge is 0.494 e. The number of fused-ring (bicyclic) bond motifs is 2. The summed E-state index contributed by atoms with van der Waals surface area (Å²) < 4.78 is 10.5. The highest BCUT2D eigenvalue weighted by Gasteiger charge is 2.04. The average Bonchev–Trinajstić information content (AvgIpc) is 2.73. The van der Waals surface area contributed by atoms with Crippen molar-refractivity contribution in [1.29, 1.82) is 0 Å². The Labute approximate surface area is 91.8 Å². The fraction of sp³-hybridized carbons (Fsp3) is 0.167. The highest BCUT2D eigenvalue weighted by atomic mass is 16.5. The highest BCUT2D eigenvalue weighted by molar-refractivity contribution is 5.90. The Morgan fingerprint density at radius 3 is 3.06 bits per heavy atom. The monoisotopic (exact) mass is 214 g/mol. The second-order valence-electron chi connectivity index (χ2n) is 3.50. The van der Waals surface area contributed by atoms with Crippen LogP contribution < -0.4 is 4.74 Å². The Balaban J connectivity index is 2.24. The summed E-state index contributed by atoms with van der Waals surface area (Å²) in [5.74, 6) is 0.854. The summed E-state index contributed by atoms with van der Waals surface area (Å²) in [7, 11) is 0. The lowest BCUT2D eigenvalue weighted by molar-refractivity contribution is 0.340. The van der Waals surface area contributed by atoms with Crippen LogP contribution in [0.4, 0.5) is 0 Å². The van der Waals surface area contributed by atoms with Gasteiger partial charge in [0, 0.05) is 5.39 Å². The molecule has 0 bridgehead atoms. The third-order valence-electron chi connectivity index (χ3n) is 2.42. The molecule has 4 nitrogen and oxygen atoms in total. The molecule has 0 aliphatic heterocycles. The first-order valence-electron chi connectivity index (χ1n) is 5.15. The van der Waals surface area contributed by atoms with E-state index in [1.165, 1.54) is 0 Å². The molecule has 0 saturated heterocycles. The second-order valence-corrected chi connectivity index (χ2v) is 3.50. The Bertz CT molecular complexity index is 646. The molecule has 0 spiro atoms. The lowest BCUT2D eigenvalue weighted by Crippen LogP contribution is -1.91. The molecule has 0 fully saturated rings. The van der Waals surface area contributed by atoms with E-state index in [-0.39, 0.29) is 0 Å². The number of rotatable bonds is 2. The fourth-order valence-corrected chi connectivity index (χ4v) is 1.71. The van der Waals surface area contributed by atoms with Gasteiger partial charge in [-0.25, -0.2) is 4.98 Å². The molecule has 2 heterocycles. The van der Waals surface area contributed by atoms with Crippen molar-refractivity contribution >= 4 is 22.0 Å². The van der Waals surface area contributed by atoms with Crippen LogP contribution in [-0.4, -0.2) is 16.7 Å². The van der Waals surface area contributed by atoms with Gasteiger partial charge in [0.15, 0.2) is 0 Å². The molecule has 0 aliphatic carbocycles. The molecule has 0 N–H and O–H groups in total. The van der Waals surface area contributed by atoms with Gasteiger partial charge in [0.1, 0.15) is 5.75 Å². The van der Waals surface area contributed by atoms with E-state index < -0.39 is 0 Å². The van der Waals surface area contributed by atoms with Crippen molar-refractivity contribution in [3.05, 3.63) is 30.5 Å². The van der Waals surface area contributed by atoms with Gasteiger partial charge < -0.3 is 9.26 Å². The normalized spacial score (nSPS) is 11.1. The van der Waals surface area contributed by atoms with E-state index in [0.29, 0.717) is 12.3 Å². The van der Waals surface area contributed by atoms with E-state index in [1.54, 1.807) is 6.20 Å². The topological polar surface area (TPSA) is 48.2 Å². The molecule has 0 unspecified atom stereocenters. The third kappa shape index (κ3) is 1.39. The van der Waals surface area contributed by atoms with Crippen LogP contribution in [0.15, 0.2) is 35.0 Å². The van der Waals surface area contributed by atoms with Gasteiger partial charge in [-0.2, -0.15) is 0 Å². The molecule has 0 atom stereocenters. The Hall–Kier alpha value is -2.10. The maximum atomic E-state index is 5.44. The van der Waals surface area contributed by atoms with Gasteiger partial charge in [-0.05, 0) is 31.2 Å². The van der Waals surface area contributed by atoms with Crippen molar-refractivity contribution in [2.75, 3.05) is 6.61 Å². The zero-order valence-electron chi connectivity index (χ0n) is 8.80. The minimum absolute atomic E-state index is 0.566. The average molecular weight is 214 g/mol. The summed E-state index contributed by atoms with van der Waals surface area (Å²) in [6.07, 6.45) is 1.66. The fourth-order valence-electron chi connectivity index (χ4n) is 1.71. The minimum atomic E-state index is 0.566. The molecule has 0 amide bonds. The maximum absolute atomic E-state index is 5.44. The summed E-state index contributed by atoms with van der Waals surface area (Å²) in [6, 6.07) is 7.79. The molecular weight excluding hydrogens is 204 g/mol. The van der Waals surface area contributed by atoms with Crippen LogP contribution in [0.5, 0.6) is 5.75 Å². The van der Waals surface area contributed by atoms with Gasteiger partial charge in [0.2, 0.25) is 0 Å². The van der Waals surface area contributed by atoms with Crippen LogP contribution in [0, 0.1) is 0 Å². The van der Waals surface area contributed by atoms with Gasteiger partial charge in [0.05, 0.1) is 23.7 Å². The van der Waals surface area contributed by atoms with Crippen molar-refractivity contribution in [2.24, 2.45) is 0 Å². The standard InChI is InChI=1S/C12H10N2O2/c1-2-15-10-3-4-11-8(6-10)5-9-7-13-16-12(9)14-11/h3-7H,2H2,1H3. The van der Waals surface area contributed by atoms with Crippen molar-refractivity contribution < 1.29 is 9.26 Å². The summed E-state index contributed by atoms with van der Waals surface area (Å²) in [6.45, 7) is 2.63. The number of benzene rings is 1. The van der Waals surface area contributed by atoms with Crippen molar-refractivity contribution in [3.8, 4) is 5.75 Å². The van der Waals surface area contributed by atoms with Crippen molar-refractivity contribution in [1.82, 2.24) is 10.1 Å². The van der Waals surface area contributed by atoms with Gasteiger partial charge in [0.25, 0.3) is 5.71 Å². The van der Waals surface area contributed by atoms with E-state index in [9.17, 15) is 0 Å². The van der Waals surface area contributed by atoms with Crippen LogP contribution in [0.25, 0.3) is 22.0 Å². The van der Waals surface area contributed by atoms with Crippen molar-refractivity contribution in [3.63, 3.8) is 0 Å². The molecule has 16 heavy (non-hydrogen) atoms. The van der Waals surface area contributed by atoms with Crippen LogP contribution in [0.2, 0.25) is 0 Å².